The number of carbonyl (C=O) groups excluding carboxylic acids is 1. The molecule has 1 aliphatic heterocycles. The van der Waals surface area contributed by atoms with Crippen molar-refractivity contribution in [2.24, 2.45) is 0 Å². The molecule has 4 nitrogen and oxygen atoms in total. The van der Waals surface area contributed by atoms with Gasteiger partial charge >= 0.3 is 0 Å². The molecule has 1 aromatic carbocycles. The molecule has 21 heavy (non-hydrogen) atoms. The Balaban J connectivity index is 2.03. The zero-order chi connectivity index (χ0) is 15.6. The fraction of sp³-hybridized carbons (Fsp3) is 0.533. The largest absolute Gasteiger partial charge is 0.378 e. The first kappa shape index (κ1) is 16.6. The second-order valence-corrected chi connectivity index (χ2v) is 6.50. The van der Waals surface area contributed by atoms with Crippen molar-refractivity contribution in [3.05, 3.63) is 33.8 Å². The zero-order valence-electron chi connectivity index (χ0n) is 12.2. The summed E-state index contributed by atoms with van der Waals surface area (Å²) < 4.78 is 0. The highest BCUT2D eigenvalue weighted by Gasteiger charge is 2.28. The number of aliphatic hydroxyl groups excluding tert-OH is 1. The molecule has 1 unspecified atom stereocenters. The first-order valence-corrected chi connectivity index (χ1v) is 7.73. The van der Waals surface area contributed by atoms with Crippen LogP contribution in [-0.2, 0) is 4.79 Å². The van der Waals surface area contributed by atoms with Crippen molar-refractivity contribution in [2.45, 2.75) is 25.0 Å². The molecule has 0 saturated carbocycles. The predicted molar refractivity (Wildman–Crippen MR) is 84.7 cm³/mol. The molecule has 1 atom stereocenters. The maximum atomic E-state index is 12.4. The molecule has 0 spiro atoms. The molecule has 1 aromatic rings. The van der Waals surface area contributed by atoms with Crippen LogP contribution in [0.15, 0.2) is 18.2 Å². The first-order valence-electron chi connectivity index (χ1n) is 6.97. The van der Waals surface area contributed by atoms with Crippen LogP contribution in [0.25, 0.3) is 0 Å². The van der Waals surface area contributed by atoms with E-state index < -0.39 is 6.10 Å². The van der Waals surface area contributed by atoms with E-state index in [4.69, 9.17) is 23.2 Å². The third-order valence-electron chi connectivity index (χ3n) is 3.94. The summed E-state index contributed by atoms with van der Waals surface area (Å²) in [6.07, 6.45) is 0.626. The Morgan fingerprint density at radius 3 is 2.24 bits per heavy atom. The summed E-state index contributed by atoms with van der Waals surface area (Å²) in [7, 11) is 4.09. The van der Waals surface area contributed by atoms with Crippen LogP contribution < -0.4 is 0 Å². The van der Waals surface area contributed by atoms with E-state index in [0.717, 1.165) is 12.8 Å². The normalized spacial score (nSPS) is 18.1. The van der Waals surface area contributed by atoms with Gasteiger partial charge in [0.25, 0.3) is 5.91 Å². The predicted octanol–water partition coefficient (Wildman–Crippen LogP) is 2.58. The van der Waals surface area contributed by atoms with Gasteiger partial charge in [0.15, 0.2) is 6.10 Å². The Hall–Kier alpha value is -0.810. The van der Waals surface area contributed by atoms with Crippen LogP contribution in [0.1, 0.15) is 24.5 Å². The molecule has 0 bridgehead atoms. The lowest BCUT2D eigenvalue weighted by Gasteiger charge is -2.36. The number of hydrogen-bond donors (Lipinski definition) is 1. The maximum absolute atomic E-state index is 12.4. The molecule has 1 saturated heterocycles. The molecule has 1 fully saturated rings. The van der Waals surface area contributed by atoms with Crippen LogP contribution in [0.4, 0.5) is 0 Å². The molecule has 1 heterocycles. The van der Waals surface area contributed by atoms with Gasteiger partial charge in [0.1, 0.15) is 0 Å². The minimum Gasteiger partial charge on any atom is -0.378 e. The van der Waals surface area contributed by atoms with Crippen LogP contribution in [0, 0.1) is 0 Å². The lowest BCUT2D eigenvalue weighted by atomic mass is 10.0. The van der Waals surface area contributed by atoms with Crippen molar-refractivity contribution in [1.29, 1.82) is 0 Å². The third-order valence-corrected chi connectivity index (χ3v) is 4.38. The van der Waals surface area contributed by atoms with E-state index in [1.54, 1.807) is 23.1 Å². The van der Waals surface area contributed by atoms with E-state index in [1.165, 1.54) is 0 Å². The Kier molecular flexibility index (Phi) is 5.49. The summed E-state index contributed by atoms with van der Waals surface area (Å²) in [6.45, 7) is 1.32. The van der Waals surface area contributed by atoms with Gasteiger partial charge < -0.3 is 14.9 Å². The number of aliphatic hydroxyl groups is 1. The van der Waals surface area contributed by atoms with Crippen molar-refractivity contribution in [1.82, 2.24) is 9.80 Å². The van der Waals surface area contributed by atoms with Crippen LogP contribution in [0.2, 0.25) is 10.0 Å². The summed E-state index contributed by atoms with van der Waals surface area (Å²) in [5, 5.41) is 11.1. The summed E-state index contributed by atoms with van der Waals surface area (Å²) in [5.74, 6) is -0.287. The first-order chi connectivity index (χ1) is 9.88. The Morgan fingerprint density at radius 1 is 1.24 bits per heavy atom. The smallest absolute Gasteiger partial charge is 0.256 e. The van der Waals surface area contributed by atoms with Crippen LogP contribution in [0.5, 0.6) is 0 Å². The summed E-state index contributed by atoms with van der Waals surface area (Å²) in [6, 6.07) is 5.21. The lowest BCUT2D eigenvalue weighted by molar-refractivity contribution is -0.142. The number of amides is 1. The average molecular weight is 331 g/mol. The van der Waals surface area contributed by atoms with Crippen molar-refractivity contribution in [2.75, 3.05) is 27.2 Å². The van der Waals surface area contributed by atoms with Gasteiger partial charge in [-0.25, -0.2) is 0 Å². The molecular formula is C15H20Cl2N2O2. The number of benzene rings is 1. The molecule has 1 aliphatic rings. The second kappa shape index (κ2) is 6.97. The second-order valence-electron chi connectivity index (χ2n) is 5.63. The molecule has 116 valence electrons. The summed E-state index contributed by atoms with van der Waals surface area (Å²) >= 11 is 11.8. The quantitative estimate of drug-likeness (QED) is 0.926. The molecule has 0 radical (unpaired) electrons. The van der Waals surface area contributed by atoms with E-state index in [1.807, 2.05) is 14.1 Å². The number of carbonyl (C=O) groups is 1. The van der Waals surface area contributed by atoms with E-state index >= 15 is 0 Å². The van der Waals surface area contributed by atoms with Crippen molar-refractivity contribution in [3.8, 4) is 0 Å². The van der Waals surface area contributed by atoms with Gasteiger partial charge in [0, 0.05) is 29.2 Å². The topological polar surface area (TPSA) is 43.8 Å². The lowest BCUT2D eigenvalue weighted by Crippen LogP contribution is -2.46. The molecule has 1 N–H and O–H groups in total. The summed E-state index contributed by atoms with van der Waals surface area (Å²) in [4.78, 5) is 16.3. The van der Waals surface area contributed by atoms with E-state index in [0.29, 0.717) is 34.7 Å². The van der Waals surface area contributed by atoms with Gasteiger partial charge in [-0.15, -0.1) is 0 Å². The fourth-order valence-corrected chi connectivity index (χ4v) is 3.19. The molecular weight excluding hydrogens is 311 g/mol. The highest BCUT2D eigenvalue weighted by atomic mass is 35.5. The molecule has 1 amide bonds. The minimum atomic E-state index is -1.21. The molecule has 0 aromatic heterocycles. The average Bonchev–Trinajstić information content (AvgIpc) is 2.44. The van der Waals surface area contributed by atoms with Crippen molar-refractivity contribution >= 4 is 29.1 Å². The van der Waals surface area contributed by atoms with E-state index in [-0.39, 0.29) is 5.91 Å². The Bertz CT molecular complexity index is 494. The van der Waals surface area contributed by atoms with Gasteiger partial charge in [0.05, 0.1) is 0 Å². The van der Waals surface area contributed by atoms with Gasteiger partial charge in [-0.05, 0) is 50.7 Å². The number of hydrogen-bond acceptors (Lipinski definition) is 3. The monoisotopic (exact) mass is 330 g/mol. The zero-order valence-corrected chi connectivity index (χ0v) is 13.7. The van der Waals surface area contributed by atoms with Crippen LogP contribution in [-0.4, -0.2) is 54.0 Å². The summed E-state index contributed by atoms with van der Waals surface area (Å²) in [5.41, 5.74) is 0.437. The van der Waals surface area contributed by atoms with Crippen LogP contribution >= 0.6 is 23.2 Å². The number of nitrogens with zero attached hydrogens (tertiary/aromatic N) is 2. The van der Waals surface area contributed by atoms with E-state index in [9.17, 15) is 9.90 Å². The van der Waals surface area contributed by atoms with E-state index in [2.05, 4.69) is 4.90 Å². The van der Waals surface area contributed by atoms with Gasteiger partial charge in [-0.2, -0.15) is 0 Å². The SMILES string of the molecule is CN(C)C1CCN(C(=O)C(O)c2cc(Cl)cc(Cl)c2)CC1. The highest BCUT2D eigenvalue weighted by molar-refractivity contribution is 6.34. The molecule has 2 rings (SSSR count). The standard InChI is InChI=1S/C15H20Cl2N2O2/c1-18(2)13-3-5-19(6-4-13)15(21)14(20)10-7-11(16)9-12(17)8-10/h7-9,13-14,20H,3-6H2,1-2H3. The fourth-order valence-electron chi connectivity index (χ4n) is 2.65. The van der Waals surface area contributed by atoms with Crippen molar-refractivity contribution in [3.63, 3.8) is 0 Å². The molecule has 0 aliphatic carbocycles. The number of likely N-dealkylation sites (tertiary alicyclic amines) is 1. The van der Waals surface area contributed by atoms with Gasteiger partial charge in [-0.1, -0.05) is 23.2 Å². The van der Waals surface area contributed by atoms with Gasteiger partial charge in [-0.3, -0.25) is 4.79 Å². The minimum absolute atomic E-state index is 0.287. The number of halogens is 2. The molecule has 6 heteroatoms. The third kappa shape index (κ3) is 4.10. The number of piperidine rings is 1. The maximum Gasteiger partial charge on any atom is 0.256 e. The Labute approximate surface area is 135 Å². The van der Waals surface area contributed by atoms with Gasteiger partial charge in [0.2, 0.25) is 0 Å². The van der Waals surface area contributed by atoms with Crippen LogP contribution in [0.3, 0.4) is 0 Å². The Morgan fingerprint density at radius 2 is 1.76 bits per heavy atom. The van der Waals surface area contributed by atoms with Crippen molar-refractivity contribution < 1.29 is 9.90 Å². The highest BCUT2D eigenvalue weighted by Crippen LogP contribution is 2.26. The number of rotatable bonds is 3.